The molecule has 0 saturated carbocycles. The van der Waals surface area contributed by atoms with E-state index in [0.717, 1.165) is 32.4 Å². The number of nitrogens with zero attached hydrogens (tertiary/aromatic N) is 3. The van der Waals surface area contributed by atoms with Gasteiger partial charge in [0.15, 0.2) is 11.4 Å². The van der Waals surface area contributed by atoms with E-state index in [-0.39, 0.29) is 29.8 Å². The second kappa shape index (κ2) is 9.97. The Balaban J connectivity index is 1.60. The zero-order chi connectivity index (χ0) is 24.4. The van der Waals surface area contributed by atoms with Crippen LogP contribution in [0, 0.1) is 11.7 Å². The predicted molar refractivity (Wildman–Crippen MR) is 125 cm³/mol. The number of aromatic hydroxyl groups is 1. The van der Waals surface area contributed by atoms with Crippen molar-refractivity contribution < 1.29 is 19.1 Å². The van der Waals surface area contributed by atoms with Gasteiger partial charge in [0.2, 0.25) is 5.43 Å². The molecule has 4 rings (SSSR count). The number of nitrogens with one attached hydrogen (secondary N) is 1. The third-order valence-electron chi connectivity index (χ3n) is 6.96. The molecule has 2 amide bonds. The van der Waals surface area contributed by atoms with Crippen LogP contribution in [0.1, 0.15) is 59.5 Å². The molecule has 1 saturated heterocycles. The molecule has 1 atom stereocenters. The van der Waals surface area contributed by atoms with Crippen LogP contribution in [-0.4, -0.2) is 57.1 Å². The van der Waals surface area contributed by atoms with Gasteiger partial charge in [0.05, 0.1) is 6.54 Å². The number of amides is 2. The first-order valence-electron chi connectivity index (χ1n) is 11.9. The quantitative estimate of drug-likeness (QED) is 0.649. The Morgan fingerprint density at radius 3 is 2.56 bits per heavy atom. The average Bonchev–Trinajstić information content (AvgIpc) is 2.84. The molecule has 2 N–H and O–H groups in total. The highest BCUT2D eigenvalue weighted by Crippen LogP contribution is 2.29. The Labute approximate surface area is 198 Å². The highest BCUT2D eigenvalue weighted by Gasteiger charge is 2.40. The Morgan fingerprint density at radius 2 is 1.88 bits per heavy atom. The summed E-state index contributed by atoms with van der Waals surface area (Å²) < 4.78 is 14.6. The molecule has 2 aliphatic heterocycles. The molecule has 0 aliphatic carbocycles. The Morgan fingerprint density at radius 1 is 1.18 bits per heavy atom. The highest BCUT2D eigenvalue weighted by atomic mass is 19.1. The molecule has 1 unspecified atom stereocenters. The predicted octanol–water partition coefficient (Wildman–Crippen LogP) is 2.55. The average molecular weight is 471 g/mol. The fourth-order valence-corrected chi connectivity index (χ4v) is 4.85. The Kier molecular flexibility index (Phi) is 7.02. The van der Waals surface area contributed by atoms with Gasteiger partial charge in [-0.1, -0.05) is 38.8 Å². The SMILES string of the molecule is CCC(CC)CN1CCCN2C(=O)c3c(O)c(=O)c(C(=O)NCc4ccc(F)cc4)cn3CC12. The van der Waals surface area contributed by atoms with Crippen LogP contribution in [0.4, 0.5) is 4.39 Å². The Bertz CT molecular complexity index is 1130. The number of pyridine rings is 1. The highest BCUT2D eigenvalue weighted by molar-refractivity contribution is 5.99. The van der Waals surface area contributed by atoms with Crippen LogP contribution in [-0.2, 0) is 13.1 Å². The van der Waals surface area contributed by atoms with Crippen LogP contribution in [0.2, 0.25) is 0 Å². The number of benzene rings is 1. The van der Waals surface area contributed by atoms with E-state index in [1.165, 1.54) is 35.0 Å². The molecular formula is C25H31FN4O4. The zero-order valence-corrected chi connectivity index (χ0v) is 19.6. The Hall–Kier alpha value is -3.20. The van der Waals surface area contributed by atoms with Gasteiger partial charge in [0.25, 0.3) is 11.8 Å². The van der Waals surface area contributed by atoms with Crippen molar-refractivity contribution >= 4 is 11.8 Å². The lowest BCUT2D eigenvalue weighted by molar-refractivity contribution is -0.0169. The minimum atomic E-state index is -0.874. The summed E-state index contributed by atoms with van der Waals surface area (Å²) in [6.45, 7) is 7.10. The molecular weight excluding hydrogens is 439 g/mol. The van der Waals surface area contributed by atoms with Crippen molar-refractivity contribution in [1.29, 1.82) is 0 Å². The summed E-state index contributed by atoms with van der Waals surface area (Å²) >= 11 is 0. The molecule has 3 heterocycles. The van der Waals surface area contributed by atoms with Crippen LogP contribution in [0.15, 0.2) is 35.3 Å². The van der Waals surface area contributed by atoms with Crippen molar-refractivity contribution in [2.75, 3.05) is 19.6 Å². The van der Waals surface area contributed by atoms with Gasteiger partial charge < -0.3 is 19.9 Å². The summed E-state index contributed by atoms with van der Waals surface area (Å²) in [5.41, 5.74) is -0.504. The summed E-state index contributed by atoms with van der Waals surface area (Å²) in [6.07, 6.45) is 4.12. The molecule has 34 heavy (non-hydrogen) atoms. The molecule has 8 nitrogen and oxygen atoms in total. The number of hydrogen-bond acceptors (Lipinski definition) is 5. The van der Waals surface area contributed by atoms with Gasteiger partial charge >= 0.3 is 0 Å². The third-order valence-corrected chi connectivity index (χ3v) is 6.96. The van der Waals surface area contributed by atoms with E-state index in [2.05, 4.69) is 24.1 Å². The summed E-state index contributed by atoms with van der Waals surface area (Å²) in [5, 5.41) is 13.3. The maximum Gasteiger partial charge on any atom is 0.275 e. The van der Waals surface area contributed by atoms with Gasteiger partial charge in [-0.25, -0.2) is 4.39 Å². The van der Waals surface area contributed by atoms with E-state index < -0.39 is 23.0 Å². The van der Waals surface area contributed by atoms with Crippen molar-refractivity contribution in [3.05, 3.63) is 63.3 Å². The van der Waals surface area contributed by atoms with Gasteiger partial charge in [-0.05, 0) is 30.0 Å². The van der Waals surface area contributed by atoms with E-state index in [1.54, 1.807) is 4.90 Å². The van der Waals surface area contributed by atoms with Gasteiger partial charge in [-0.2, -0.15) is 0 Å². The number of carbonyl (C=O) groups is 2. The van der Waals surface area contributed by atoms with Gasteiger partial charge in [0.1, 0.15) is 17.5 Å². The van der Waals surface area contributed by atoms with E-state index in [9.17, 15) is 23.9 Å². The first kappa shape index (κ1) is 23.9. The summed E-state index contributed by atoms with van der Waals surface area (Å²) in [7, 11) is 0. The molecule has 1 aromatic heterocycles. The van der Waals surface area contributed by atoms with Crippen LogP contribution in [0.25, 0.3) is 0 Å². The number of halogens is 1. The summed E-state index contributed by atoms with van der Waals surface area (Å²) in [4.78, 5) is 42.8. The van der Waals surface area contributed by atoms with E-state index in [4.69, 9.17) is 0 Å². The van der Waals surface area contributed by atoms with Gasteiger partial charge in [0, 0.05) is 32.4 Å². The second-order valence-corrected chi connectivity index (χ2v) is 9.04. The smallest absolute Gasteiger partial charge is 0.275 e. The van der Waals surface area contributed by atoms with Gasteiger partial charge in [-0.15, -0.1) is 0 Å². The van der Waals surface area contributed by atoms with Crippen molar-refractivity contribution in [2.45, 2.75) is 52.4 Å². The topological polar surface area (TPSA) is 94.9 Å². The number of hydrogen-bond donors (Lipinski definition) is 2. The first-order chi connectivity index (χ1) is 16.3. The van der Waals surface area contributed by atoms with E-state index in [0.29, 0.717) is 24.6 Å². The molecule has 2 aromatic rings. The summed E-state index contributed by atoms with van der Waals surface area (Å²) in [5.74, 6) is -1.61. The minimum Gasteiger partial charge on any atom is -0.503 e. The van der Waals surface area contributed by atoms with Crippen molar-refractivity contribution in [2.24, 2.45) is 5.92 Å². The number of aromatic nitrogens is 1. The number of rotatable bonds is 7. The van der Waals surface area contributed by atoms with Crippen molar-refractivity contribution in [3.63, 3.8) is 0 Å². The second-order valence-electron chi connectivity index (χ2n) is 9.04. The fraction of sp³-hybridized carbons (Fsp3) is 0.480. The van der Waals surface area contributed by atoms with Crippen LogP contribution >= 0.6 is 0 Å². The van der Waals surface area contributed by atoms with Crippen LogP contribution in [0.3, 0.4) is 0 Å². The third kappa shape index (κ3) is 4.57. The number of fused-ring (bicyclic) bond motifs is 2. The van der Waals surface area contributed by atoms with Crippen molar-refractivity contribution in [1.82, 2.24) is 19.7 Å². The monoisotopic (exact) mass is 470 g/mol. The molecule has 2 aliphatic rings. The summed E-state index contributed by atoms with van der Waals surface area (Å²) in [6, 6.07) is 5.65. The molecule has 0 bridgehead atoms. The maximum atomic E-state index is 13.3. The minimum absolute atomic E-state index is 0.0688. The molecule has 1 fully saturated rings. The zero-order valence-electron chi connectivity index (χ0n) is 19.6. The standard InChI is InChI=1S/C25H31FN4O4/c1-3-16(4-2)13-28-10-5-11-30-20(28)15-29-14-19(22(31)23(32)21(29)25(30)34)24(33)27-12-17-6-8-18(26)9-7-17/h6-9,14,16,20,32H,3-5,10-13,15H2,1-2H3,(H,27,33). The lowest BCUT2D eigenvalue weighted by Crippen LogP contribution is -2.61. The van der Waals surface area contributed by atoms with Crippen LogP contribution in [0.5, 0.6) is 5.75 Å². The largest absolute Gasteiger partial charge is 0.503 e. The molecule has 182 valence electrons. The van der Waals surface area contributed by atoms with Crippen molar-refractivity contribution in [3.8, 4) is 5.75 Å². The molecule has 1 aromatic carbocycles. The number of carbonyl (C=O) groups excluding carboxylic acids is 2. The van der Waals surface area contributed by atoms with Gasteiger partial charge in [-0.3, -0.25) is 19.3 Å². The lowest BCUT2D eigenvalue weighted by atomic mass is 10.0. The normalized spacial score (nSPS) is 18.1. The molecule has 9 heteroatoms. The maximum absolute atomic E-state index is 13.3. The molecule has 0 radical (unpaired) electrons. The van der Waals surface area contributed by atoms with E-state index >= 15 is 0 Å². The van der Waals surface area contributed by atoms with Crippen LogP contribution < -0.4 is 10.7 Å². The molecule has 0 spiro atoms. The first-order valence-corrected chi connectivity index (χ1v) is 11.9. The fourth-order valence-electron chi connectivity index (χ4n) is 4.85. The lowest BCUT2D eigenvalue weighted by Gasteiger charge is -2.48. The van der Waals surface area contributed by atoms with E-state index in [1.807, 2.05) is 0 Å².